The van der Waals surface area contributed by atoms with Crippen molar-refractivity contribution in [1.29, 1.82) is 0 Å². The lowest BCUT2D eigenvalue weighted by Crippen LogP contribution is -2.22. The van der Waals surface area contributed by atoms with Crippen LogP contribution in [0.3, 0.4) is 0 Å². The number of nitrogens with one attached hydrogen (secondary N) is 1. The molecule has 0 radical (unpaired) electrons. The van der Waals surface area contributed by atoms with Gasteiger partial charge in [0.15, 0.2) is 0 Å². The van der Waals surface area contributed by atoms with E-state index >= 15 is 0 Å². The van der Waals surface area contributed by atoms with Crippen LogP contribution in [-0.4, -0.2) is 36.9 Å². The molecule has 6 heteroatoms. The molecule has 1 aromatic rings. The number of rotatable bonds is 5. The van der Waals surface area contributed by atoms with E-state index in [-0.39, 0.29) is 30.3 Å². The predicted molar refractivity (Wildman–Crippen MR) is 88.0 cm³/mol. The van der Waals surface area contributed by atoms with Crippen LogP contribution in [0.1, 0.15) is 35.7 Å². The smallest absolute Gasteiger partial charge is 0.253 e. The molecule has 0 saturated heterocycles. The van der Waals surface area contributed by atoms with Crippen molar-refractivity contribution >= 4 is 29.9 Å². The van der Waals surface area contributed by atoms with Gasteiger partial charge in [0.05, 0.1) is 0 Å². The largest absolute Gasteiger partial charge is 0.345 e. The molecule has 118 valence electrons. The number of carbonyl (C=O) groups is 2. The molecule has 0 aromatic heterocycles. The average molecular weight is 314 g/mol. The molecule has 5 nitrogen and oxygen atoms in total. The number of nitrogens with zero attached hydrogens (tertiary/aromatic N) is 1. The van der Waals surface area contributed by atoms with Crippen LogP contribution in [-0.2, 0) is 4.79 Å². The predicted octanol–water partition coefficient (Wildman–Crippen LogP) is 2.18. The summed E-state index contributed by atoms with van der Waals surface area (Å²) in [6, 6.07) is 5.30. The topological polar surface area (TPSA) is 75.4 Å². The Morgan fingerprint density at radius 2 is 1.95 bits per heavy atom. The monoisotopic (exact) mass is 313 g/mol. The standard InChI is InChI=1S/C15H23N3O2.ClH/c1-10-5-7-12(15(20)18(3)4)9-13(10)17-14(19)8-6-11(2)16;/h5,7,9,11H,6,8,16H2,1-4H3,(H,17,19);1H. The van der Waals surface area contributed by atoms with Crippen LogP contribution >= 0.6 is 12.4 Å². The van der Waals surface area contributed by atoms with E-state index in [1.807, 2.05) is 19.9 Å². The van der Waals surface area contributed by atoms with Crippen LogP contribution in [0.2, 0.25) is 0 Å². The van der Waals surface area contributed by atoms with Gasteiger partial charge in [-0.1, -0.05) is 6.07 Å². The molecule has 0 aliphatic rings. The van der Waals surface area contributed by atoms with Crippen LogP contribution < -0.4 is 11.1 Å². The maximum atomic E-state index is 11.9. The average Bonchev–Trinajstić information content (AvgIpc) is 2.38. The number of anilines is 1. The van der Waals surface area contributed by atoms with Crippen molar-refractivity contribution < 1.29 is 9.59 Å². The minimum absolute atomic E-state index is 0. The minimum atomic E-state index is -0.0870. The fourth-order valence-electron chi connectivity index (χ4n) is 1.72. The highest BCUT2D eigenvalue weighted by Crippen LogP contribution is 2.18. The van der Waals surface area contributed by atoms with Crippen molar-refractivity contribution in [2.45, 2.75) is 32.7 Å². The van der Waals surface area contributed by atoms with E-state index in [1.54, 1.807) is 26.2 Å². The number of hydrogen-bond donors (Lipinski definition) is 2. The van der Waals surface area contributed by atoms with E-state index < -0.39 is 0 Å². The molecule has 1 rings (SSSR count). The molecule has 0 saturated carbocycles. The molecule has 0 heterocycles. The summed E-state index contributed by atoms with van der Waals surface area (Å²) in [6.07, 6.45) is 1.02. The second kappa shape index (κ2) is 8.64. The van der Waals surface area contributed by atoms with E-state index in [4.69, 9.17) is 5.73 Å². The summed E-state index contributed by atoms with van der Waals surface area (Å²) in [5, 5.41) is 2.83. The summed E-state index contributed by atoms with van der Waals surface area (Å²) in [4.78, 5) is 25.2. The van der Waals surface area contributed by atoms with E-state index in [1.165, 1.54) is 4.90 Å². The van der Waals surface area contributed by atoms with Crippen molar-refractivity contribution in [3.63, 3.8) is 0 Å². The quantitative estimate of drug-likeness (QED) is 0.875. The molecule has 2 amide bonds. The zero-order valence-corrected chi connectivity index (χ0v) is 13.8. The number of amides is 2. The van der Waals surface area contributed by atoms with Crippen molar-refractivity contribution in [3.05, 3.63) is 29.3 Å². The van der Waals surface area contributed by atoms with Gasteiger partial charge in [0.25, 0.3) is 5.91 Å². The van der Waals surface area contributed by atoms with Gasteiger partial charge < -0.3 is 16.0 Å². The Morgan fingerprint density at radius 3 is 2.48 bits per heavy atom. The SMILES string of the molecule is Cc1ccc(C(=O)N(C)C)cc1NC(=O)CCC(C)N.Cl. The van der Waals surface area contributed by atoms with Gasteiger partial charge in [-0.05, 0) is 38.0 Å². The Labute approximate surface area is 132 Å². The maximum absolute atomic E-state index is 11.9. The Balaban J connectivity index is 0.00000400. The molecule has 0 fully saturated rings. The maximum Gasteiger partial charge on any atom is 0.253 e. The molecule has 0 spiro atoms. The van der Waals surface area contributed by atoms with Crippen molar-refractivity contribution in [3.8, 4) is 0 Å². The molecule has 3 N–H and O–H groups in total. The number of nitrogens with two attached hydrogens (primary N) is 1. The summed E-state index contributed by atoms with van der Waals surface area (Å²) >= 11 is 0. The first kappa shape index (κ1) is 19.4. The zero-order chi connectivity index (χ0) is 15.3. The van der Waals surface area contributed by atoms with Gasteiger partial charge in [-0.15, -0.1) is 12.4 Å². The van der Waals surface area contributed by atoms with Gasteiger partial charge in [-0.3, -0.25) is 9.59 Å². The van der Waals surface area contributed by atoms with E-state index in [0.717, 1.165) is 5.56 Å². The lowest BCUT2D eigenvalue weighted by Gasteiger charge is -2.14. The number of halogens is 1. The van der Waals surface area contributed by atoms with Crippen LogP contribution in [0, 0.1) is 6.92 Å². The highest BCUT2D eigenvalue weighted by Gasteiger charge is 2.11. The van der Waals surface area contributed by atoms with Crippen LogP contribution in [0.5, 0.6) is 0 Å². The van der Waals surface area contributed by atoms with Crippen LogP contribution in [0.15, 0.2) is 18.2 Å². The molecule has 1 aromatic carbocycles. The third-order valence-corrected chi connectivity index (χ3v) is 2.99. The van der Waals surface area contributed by atoms with Gasteiger partial charge in [-0.2, -0.15) is 0 Å². The van der Waals surface area contributed by atoms with Gasteiger partial charge in [0, 0.05) is 37.8 Å². The summed E-state index contributed by atoms with van der Waals surface area (Å²) in [7, 11) is 3.40. The van der Waals surface area contributed by atoms with Gasteiger partial charge >= 0.3 is 0 Å². The number of carbonyl (C=O) groups excluding carboxylic acids is 2. The number of aryl methyl sites for hydroxylation is 1. The second-order valence-corrected chi connectivity index (χ2v) is 5.29. The second-order valence-electron chi connectivity index (χ2n) is 5.29. The van der Waals surface area contributed by atoms with Crippen molar-refractivity contribution in [1.82, 2.24) is 4.90 Å². The lowest BCUT2D eigenvalue weighted by molar-refractivity contribution is -0.116. The Kier molecular flexibility index (Phi) is 7.99. The summed E-state index contributed by atoms with van der Waals surface area (Å²) in [5.41, 5.74) is 7.79. The van der Waals surface area contributed by atoms with Gasteiger partial charge in [0.2, 0.25) is 5.91 Å². The first-order chi connectivity index (χ1) is 9.31. The van der Waals surface area contributed by atoms with Crippen molar-refractivity contribution in [2.75, 3.05) is 19.4 Å². The molecular formula is C15H24ClN3O2. The van der Waals surface area contributed by atoms with E-state index in [9.17, 15) is 9.59 Å². The Bertz CT molecular complexity index is 502. The third-order valence-electron chi connectivity index (χ3n) is 2.99. The number of benzene rings is 1. The fraction of sp³-hybridized carbons (Fsp3) is 0.467. The highest BCUT2D eigenvalue weighted by molar-refractivity contribution is 5.97. The summed E-state index contributed by atoms with van der Waals surface area (Å²) in [6.45, 7) is 3.76. The Morgan fingerprint density at radius 1 is 1.33 bits per heavy atom. The Hall–Kier alpha value is -1.59. The molecule has 0 aliphatic heterocycles. The van der Waals surface area contributed by atoms with Gasteiger partial charge in [0.1, 0.15) is 0 Å². The molecular weight excluding hydrogens is 290 g/mol. The van der Waals surface area contributed by atoms with Crippen LogP contribution in [0.4, 0.5) is 5.69 Å². The van der Waals surface area contributed by atoms with Crippen molar-refractivity contribution in [2.24, 2.45) is 5.73 Å². The minimum Gasteiger partial charge on any atom is -0.345 e. The first-order valence-corrected chi connectivity index (χ1v) is 6.69. The third kappa shape index (κ3) is 6.14. The molecule has 0 aliphatic carbocycles. The molecule has 1 atom stereocenters. The number of hydrogen-bond acceptors (Lipinski definition) is 3. The van der Waals surface area contributed by atoms with E-state index in [2.05, 4.69) is 5.32 Å². The first-order valence-electron chi connectivity index (χ1n) is 6.69. The summed E-state index contributed by atoms with van der Waals surface area (Å²) < 4.78 is 0. The zero-order valence-electron chi connectivity index (χ0n) is 13.0. The lowest BCUT2D eigenvalue weighted by atomic mass is 10.1. The van der Waals surface area contributed by atoms with Crippen LogP contribution in [0.25, 0.3) is 0 Å². The highest BCUT2D eigenvalue weighted by atomic mass is 35.5. The summed E-state index contributed by atoms with van der Waals surface area (Å²) in [5.74, 6) is -0.170. The fourth-order valence-corrected chi connectivity index (χ4v) is 1.72. The molecule has 21 heavy (non-hydrogen) atoms. The normalized spacial score (nSPS) is 11.3. The molecule has 1 unspecified atom stereocenters. The van der Waals surface area contributed by atoms with Gasteiger partial charge in [-0.25, -0.2) is 0 Å². The molecule has 0 bridgehead atoms. The van der Waals surface area contributed by atoms with E-state index in [0.29, 0.717) is 24.1 Å².